The van der Waals surface area contributed by atoms with Crippen molar-refractivity contribution in [3.05, 3.63) is 60.1 Å². The van der Waals surface area contributed by atoms with E-state index in [2.05, 4.69) is 15.6 Å². The van der Waals surface area contributed by atoms with E-state index >= 15 is 0 Å². The van der Waals surface area contributed by atoms with Gasteiger partial charge in [0.1, 0.15) is 5.70 Å². The monoisotopic (exact) mass is 522 g/mol. The van der Waals surface area contributed by atoms with Crippen molar-refractivity contribution in [2.75, 3.05) is 17.4 Å². The highest BCUT2D eigenvalue weighted by Crippen LogP contribution is 2.47. The number of anilines is 2. The number of urea groups is 1. The lowest BCUT2D eigenvalue weighted by Gasteiger charge is -2.44. The molecule has 11 heteroatoms. The zero-order chi connectivity index (χ0) is 27.6. The van der Waals surface area contributed by atoms with Gasteiger partial charge in [0.2, 0.25) is 12.7 Å². The molecule has 1 saturated heterocycles. The normalized spacial score (nSPS) is 19.3. The summed E-state index contributed by atoms with van der Waals surface area (Å²) in [4.78, 5) is 55.4. The SMILES string of the molecule is C[C@@H](O)[C@H]1C(=O)N2C(C(=O)OCOC(=O)C(C)(C)C)=C(c3ccc(NC(=O)Nc4ccncc4)cc3)C[C@H]12. The fraction of sp³-hybridized carbons (Fsp3) is 0.370. The highest BCUT2D eigenvalue weighted by molar-refractivity contribution is 6.07. The maximum absolute atomic E-state index is 13.1. The number of amides is 3. The first-order chi connectivity index (χ1) is 18.0. The quantitative estimate of drug-likeness (QED) is 0.285. The summed E-state index contributed by atoms with van der Waals surface area (Å²) >= 11 is 0. The molecule has 0 saturated carbocycles. The van der Waals surface area contributed by atoms with Gasteiger partial charge in [0.25, 0.3) is 0 Å². The van der Waals surface area contributed by atoms with E-state index in [0.717, 1.165) is 0 Å². The van der Waals surface area contributed by atoms with E-state index in [1.54, 1.807) is 76.5 Å². The Morgan fingerprint density at radius 2 is 1.66 bits per heavy atom. The van der Waals surface area contributed by atoms with Gasteiger partial charge < -0.3 is 30.1 Å². The third-order valence-electron chi connectivity index (χ3n) is 6.34. The standard InChI is InChI=1S/C27H30N4O7/c1-15(32)21-20-13-19(22(31(20)23(21)33)24(34)37-14-38-25(35)27(2,3)4)16-5-7-17(8-6-16)29-26(36)30-18-9-11-28-12-10-18/h5-12,15,20-21,32H,13-14H2,1-4H3,(H2,28,29,30,36)/t15-,20-,21-/m1/s1. The predicted octanol–water partition coefficient (Wildman–Crippen LogP) is 3.14. The molecule has 1 fully saturated rings. The zero-order valence-electron chi connectivity index (χ0n) is 21.6. The average molecular weight is 523 g/mol. The summed E-state index contributed by atoms with van der Waals surface area (Å²) in [5, 5.41) is 15.5. The van der Waals surface area contributed by atoms with Crippen molar-refractivity contribution in [2.24, 2.45) is 11.3 Å². The second-order valence-corrected chi connectivity index (χ2v) is 10.2. The van der Waals surface area contributed by atoms with Crippen LogP contribution in [0.5, 0.6) is 0 Å². The molecule has 3 N–H and O–H groups in total. The minimum atomic E-state index is -0.876. The van der Waals surface area contributed by atoms with Crippen LogP contribution in [0.1, 0.15) is 39.7 Å². The molecule has 2 aromatic rings. The largest absolute Gasteiger partial charge is 0.427 e. The molecule has 200 valence electrons. The van der Waals surface area contributed by atoms with E-state index < -0.39 is 42.2 Å². The van der Waals surface area contributed by atoms with Gasteiger partial charge >= 0.3 is 18.0 Å². The van der Waals surface area contributed by atoms with Crippen LogP contribution in [0.4, 0.5) is 16.2 Å². The molecule has 4 rings (SSSR count). The first-order valence-corrected chi connectivity index (χ1v) is 12.1. The van der Waals surface area contributed by atoms with Gasteiger partial charge in [-0.1, -0.05) is 12.1 Å². The van der Waals surface area contributed by atoms with Gasteiger partial charge in [-0.15, -0.1) is 0 Å². The molecule has 3 heterocycles. The molecule has 0 bridgehead atoms. The van der Waals surface area contributed by atoms with Crippen molar-refractivity contribution in [2.45, 2.75) is 46.3 Å². The average Bonchev–Trinajstić information content (AvgIpc) is 3.19. The second kappa shape index (κ2) is 10.6. The number of aliphatic hydroxyl groups is 1. The Morgan fingerprint density at radius 1 is 1.05 bits per heavy atom. The van der Waals surface area contributed by atoms with Crippen LogP contribution < -0.4 is 10.6 Å². The molecule has 0 aliphatic carbocycles. The van der Waals surface area contributed by atoms with Crippen LogP contribution in [0.25, 0.3) is 5.57 Å². The smallest absolute Gasteiger partial charge is 0.358 e. The van der Waals surface area contributed by atoms with Crippen LogP contribution in [0.3, 0.4) is 0 Å². The summed E-state index contributed by atoms with van der Waals surface area (Å²) in [5.41, 5.74) is 1.60. The van der Waals surface area contributed by atoms with Crippen molar-refractivity contribution < 1.29 is 33.8 Å². The van der Waals surface area contributed by atoms with Gasteiger partial charge in [-0.3, -0.25) is 14.6 Å². The maximum Gasteiger partial charge on any atom is 0.358 e. The molecule has 3 atom stereocenters. The molecule has 1 aromatic carbocycles. The topological polar surface area (TPSA) is 147 Å². The highest BCUT2D eigenvalue weighted by Gasteiger charge is 2.57. The number of fused-ring (bicyclic) bond motifs is 1. The Kier molecular flexibility index (Phi) is 7.49. The Balaban J connectivity index is 1.51. The molecular formula is C27H30N4O7. The lowest BCUT2D eigenvalue weighted by molar-refractivity contribution is -0.175. The van der Waals surface area contributed by atoms with Gasteiger partial charge in [0.05, 0.1) is 23.5 Å². The van der Waals surface area contributed by atoms with Crippen LogP contribution in [0.15, 0.2) is 54.5 Å². The molecule has 0 radical (unpaired) electrons. The van der Waals surface area contributed by atoms with Gasteiger partial charge in [0.15, 0.2) is 0 Å². The number of nitrogens with one attached hydrogen (secondary N) is 2. The summed E-state index contributed by atoms with van der Waals surface area (Å²) in [5.74, 6) is -2.34. The highest BCUT2D eigenvalue weighted by atomic mass is 16.7. The number of rotatable bonds is 7. The first-order valence-electron chi connectivity index (χ1n) is 12.1. The Labute approximate surface area is 219 Å². The molecule has 3 amide bonds. The number of carbonyl (C=O) groups is 4. The van der Waals surface area contributed by atoms with Crippen molar-refractivity contribution in [1.82, 2.24) is 9.88 Å². The first kappa shape index (κ1) is 26.8. The summed E-state index contributed by atoms with van der Waals surface area (Å²) in [6.45, 7) is 5.98. The number of hydrogen-bond acceptors (Lipinski definition) is 8. The van der Waals surface area contributed by atoms with Crippen molar-refractivity contribution >= 4 is 40.8 Å². The molecular weight excluding hydrogens is 492 g/mol. The Morgan fingerprint density at radius 3 is 2.24 bits per heavy atom. The van der Waals surface area contributed by atoms with Crippen LogP contribution in [-0.2, 0) is 23.9 Å². The summed E-state index contributed by atoms with van der Waals surface area (Å²) in [6.07, 6.45) is 2.58. The number of esters is 2. The van der Waals surface area contributed by atoms with Crippen LogP contribution >= 0.6 is 0 Å². The van der Waals surface area contributed by atoms with Crippen molar-refractivity contribution in [1.29, 1.82) is 0 Å². The molecule has 1 aromatic heterocycles. The van der Waals surface area contributed by atoms with Crippen LogP contribution in [0, 0.1) is 11.3 Å². The number of β-lactam (4-membered cyclic amide) rings is 1. The third-order valence-corrected chi connectivity index (χ3v) is 6.34. The van der Waals surface area contributed by atoms with Gasteiger partial charge in [-0.2, -0.15) is 0 Å². The van der Waals surface area contributed by atoms with Gasteiger partial charge in [-0.25, -0.2) is 9.59 Å². The fourth-order valence-electron chi connectivity index (χ4n) is 4.42. The van der Waals surface area contributed by atoms with E-state index in [1.165, 1.54) is 4.90 Å². The number of hydrogen-bond donors (Lipinski definition) is 3. The number of aromatic nitrogens is 1. The number of nitrogens with zero attached hydrogens (tertiary/aromatic N) is 2. The lowest BCUT2D eigenvalue weighted by Crippen LogP contribution is -2.61. The molecule has 2 aliphatic rings. The van der Waals surface area contributed by atoms with Gasteiger partial charge in [-0.05, 0) is 69.5 Å². The second-order valence-electron chi connectivity index (χ2n) is 10.2. The summed E-state index contributed by atoms with van der Waals surface area (Å²) < 4.78 is 10.2. The number of carbonyl (C=O) groups excluding carboxylic acids is 4. The zero-order valence-corrected chi connectivity index (χ0v) is 21.6. The minimum Gasteiger partial charge on any atom is -0.427 e. The minimum absolute atomic E-state index is 0.0554. The molecule has 0 spiro atoms. The number of aliphatic hydroxyl groups excluding tert-OH is 1. The molecule has 11 nitrogen and oxygen atoms in total. The van der Waals surface area contributed by atoms with E-state index in [0.29, 0.717) is 28.9 Å². The van der Waals surface area contributed by atoms with Crippen LogP contribution in [-0.4, -0.2) is 57.8 Å². The predicted molar refractivity (Wildman–Crippen MR) is 137 cm³/mol. The van der Waals surface area contributed by atoms with Gasteiger partial charge in [0, 0.05) is 23.8 Å². The Hall–Kier alpha value is -4.25. The molecule has 2 aliphatic heterocycles. The van der Waals surface area contributed by atoms with Crippen LogP contribution in [0.2, 0.25) is 0 Å². The Bertz CT molecular complexity index is 1270. The van der Waals surface area contributed by atoms with Crippen molar-refractivity contribution in [3.63, 3.8) is 0 Å². The molecule has 0 unspecified atom stereocenters. The summed E-state index contributed by atoms with van der Waals surface area (Å²) in [6, 6.07) is 9.28. The van der Waals surface area contributed by atoms with E-state index in [1.807, 2.05) is 0 Å². The number of ether oxygens (including phenoxy) is 2. The van der Waals surface area contributed by atoms with Crippen molar-refractivity contribution in [3.8, 4) is 0 Å². The molecule has 38 heavy (non-hydrogen) atoms. The van der Waals surface area contributed by atoms with E-state index in [4.69, 9.17) is 9.47 Å². The lowest BCUT2D eigenvalue weighted by atomic mass is 9.82. The number of benzene rings is 1. The maximum atomic E-state index is 13.1. The third kappa shape index (κ3) is 5.52. The fourth-order valence-corrected chi connectivity index (χ4v) is 4.42. The number of pyridine rings is 1. The van der Waals surface area contributed by atoms with E-state index in [9.17, 15) is 24.3 Å². The summed E-state index contributed by atoms with van der Waals surface area (Å²) in [7, 11) is 0. The van der Waals surface area contributed by atoms with E-state index in [-0.39, 0.29) is 17.6 Å².